The maximum atomic E-state index is 3.87. The molecule has 0 aromatic carbocycles. The molecule has 0 radical (unpaired) electrons. The van der Waals surface area contributed by atoms with Gasteiger partial charge in [-0.15, -0.1) is 12.3 Å². The van der Waals surface area contributed by atoms with E-state index < -0.39 is 0 Å². The van der Waals surface area contributed by atoms with Crippen LogP contribution in [0.15, 0.2) is 36.7 Å². The first-order valence-electron chi connectivity index (χ1n) is 2.12. The minimum atomic E-state index is 0.822. The minimum absolute atomic E-state index is 0.822. The second kappa shape index (κ2) is 1.65. The molecule has 0 saturated carbocycles. The first-order chi connectivity index (χ1) is 3.39. The van der Waals surface area contributed by atoms with E-state index >= 15 is 0 Å². The second-order valence-electron chi connectivity index (χ2n) is 1.32. The van der Waals surface area contributed by atoms with E-state index in [1.54, 1.807) is 6.20 Å². The molecule has 0 bridgehead atoms. The number of rotatable bonds is 0. The van der Waals surface area contributed by atoms with Gasteiger partial charge >= 0.3 is 0 Å². The van der Waals surface area contributed by atoms with Crippen LogP contribution in [-0.4, -0.2) is 0 Å². The molecule has 0 aromatic rings. The van der Waals surface area contributed by atoms with E-state index in [1.807, 2.05) is 18.2 Å². The van der Waals surface area contributed by atoms with Crippen molar-refractivity contribution in [2.24, 2.45) is 0 Å². The van der Waals surface area contributed by atoms with Gasteiger partial charge in [-0.2, -0.15) is 6.20 Å². The normalized spacial score (nSPS) is 16.9. The third-order valence-corrected chi connectivity index (χ3v) is 0.726. The topological polar surface area (TPSA) is 14.1 Å². The average Bonchev–Trinajstić information content (AvgIpc) is 1.69. The van der Waals surface area contributed by atoms with E-state index in [0.29, 0.717) is 0 Å². The highest BCUT2D eigenvalue weighted by molar-refractivity contribution is 5.38. The zero-order valence-corrected chi connectivity index (χ0v) is 3.96. The van der Waals surface area contributed by atoms with Crippen LogP contribution in [0.5, 0.6) is 0 Å². The van der Waals surface area contributed by atoms with Gasteiger partial charge in [-0.1, -0.05) is 18.2 Å². The van der Waals surface area contributed by atoms with Crippen molar-refractivity contribution in [3.8, 4) is 0 Å². The zero-order valence-electron chi connectivity index (χ0n) is 3.96. The van der Waals surface area contributed by atoms with E-state index in [2.05, 4.69) is 11.9 Å². The molecular weight excluding hydrogens is 86.1 g/mol. The molecule has 7 heavy (non-hydrogen) atoms. The molecule has 1 nitrogen and oxygen atoms in total. The van der Waals surface area contributed by atoms with E-state index in [9.17, 15) is 0 Å². The van der Waals surface area contributed by atoms with Crippen molar-refractivity contribution >= 4 is 0 Å². The standard InChI is InChI=1S/C6H6N/c1-6-4-2-3-5-7-6/h2-5H,1H2/q-1. The van der Waals surface area contributed by atoms with Gasteiger partial charge < -0.3 is 5.32 Å². The fourth-order valence-corrected chi connectivity index (χ4v) is 0.398. The Kier molecular flexibility index (Phi) is 0.984. The Hall–Kier alpha value is -0.980. The third-order valence-electron chi connectivity index (χ3n) is 0.726. The van der Waals surface area contributed by atoms with Gasteiger partial charge in [0.25, 0.3) is 0 Å². The van der Waals surface area contributed by atoms with Gasteiger partial charge in [-0.05, 0) is 0 Å². The summed E-state index contributed by atoms with van der Waals surface area (Å²) in [5.41, 5.74) is 0.822. The van der Waals surface area contributed by atoms with Gasteiger partial charge in [0.15, 0.2) is 0 Å². The third kappa shape index (κ3) is 0.929. The van der Waals surface area contributed by atoms with Crippen LogP contribution in [0.4, 0.5) is 0 Å². The molecule has 36 valence electrons. The number of nitrogens with zero attached hydrogens (tertiary/aromatic N) is 1. The molecule has 1 aliphatic heterocycles. The minimum Gasteiger partial charge on any atom is -0.665 e. The van der Waals surface area contributed by atoms with Gasteiger partial charge in [0, 0.05) is 0 Å². The molecule has 0 aromatic heterocycles. The van der Waals surface area contributed by atoms with Gasteiger partial charge in [-0.25, -0.2) is 0 Å². The molecule has 0 unspecified atom stereocenters. The SMILES string of the molecule is C=C1C=CC=C[N-]1. The first kappa shape index (κ1) is 4.19. The fourth-order valence-electron chi connectivity index (χ4n) is 0.398. The predicted molar refractivity (Wildman–Crippen MR) is 30.8 cm³/mol. The Balaban J connectivity index is 2.66. The van der Waals surface area contributed by atoms with Gasteiger partial charge in [-0.3, -0.25) is 0 Å². The van der Waals surface area contributed by atoms with Crippen molar-refractivity contribution in [2.45, 2.75) is 0 Å². The van der Waals surface area contributed by atoms with Crippen LogP contribution in [0.2, 0.25) is 0 Å². The van der Waals surface area contributed by atoms with E-state index in [4.69, 9.17) is 0 Å². The Morgan fingerprint density at radius 2 is 2.29 bits per heavy atom. The average molecular weight is 92.1 g/mol. The van der Waals surface area contributed by atoms with Gasteiger partial charge in [0.1, 0.15) is 0 Å². The van der Waals surface area contributed by atoms with E-state index in [1.165, 1.54) is 0 Å². The van der Waals surface area contributed by atoms with Crippen LogP contribution in [0.25, 0.3) is 5.32 Å². The maximum absolute atomic E-state index is 3.87. The molecule has 0 amide bonds. The summed E-state index contributed by atoms with van der Waals surface area (Å²) in [7, 11) is 0. The van der Waals surface area contributed by atoms with Crippen molar-refractivity contribution in [2.75, 3.05) is 0 Å². The lowest BCUT2D eigenvalue weighted by atomic mass is 10.3. The quantitative estimate of drug-likeness (QED) is 0.433. The van der Waals surface area contributed by atoms with Gasteiger partial charge in [0.2, 0.25) is 0 Å². The van der Waals surface area contributed by atoms with Crippen LogP contribution in [0, 0.1) is 0 Å². The Labute approximate surface area is 43.0 Å². The number of hydrogen-bond acceptors (Lipinski definition) is 0. The van der Waals surface area contributed by atoms with Crippen molar-refractivity contribution < 1.29 is 0 Å². The molecule has 1 rings (SSSR count). The maximum Gasteiger partial charge on any atom is -0.0653 e. The lowest BCUT2D eigenvalue weighted by Crippen LogP contribution is -1.71. The highest BCUT2D eigenvalue weighted by atomic mass is 14.8. The monoisotopic (exact) mass is 92.1 g/mol. The summed E-state index contributed by atoms with van der Waals surface area (Å²) in [6.07, 6.45) is 7.37. The zero-order chi connectivity index (χ0) is 5.11. The van der Waals surface area contributed by atoms with Crippen LogP contribution in [0.1, 0.15) is 0 Å². The van der Waals surface area contributed by atoms with Gasteiger partial charge in [0.05, 0.1) is 0 Å². The Morgan fingerprint density at radius 3 is 2.57 bits per heavy atom. The summed E-state index contributed by atoms with van der Waals surface area (Å²) in [5, 5.41) is 3.87. The smallest absolute Gasteiger partial charge is 0.0653 e. The summed E-state index contributed by atoms with van der Waals surface area (Å²) in [6, 6.07) is 0. The van der Waals surface area contributed by atoms with Crippen LogP contribution >= 0.6 is 0 Å². The van der Waals surface area contributed by atoms with Crippen molar-refractivity contribution in [3.05, 3.63) is 42.0 Å². The fraction of sp³-hybridized carbons (Fsp3) is 0. The highest BCUT2D eigenvalue weighted by Gasteiger charge is 1.69. The molecule has 0 N–H and O–H groups in total. The van der Waals surface area contributed by atoms with Crippen LogP contribution < -0.4 is 0 Å². The van der Waals surface area contributed by atoms with Crippen molar-refractivity contribution in [1.29, 1.82) is 0 Å². The first-order valence-corrected chi connectivity index (χ1v) is 2.12. The lowest BCUT2D eigenvalue weighted by Gasteiger charge is -2.17. The number of hydrogen-bond donors (Lipinski definition) is 0. The van der Waals surface area contributed by atoms with Crippen LogP contribution in [0.3, 0.4) is 0 Å². The molecule has 0 saturated heterocycles. The summed E-state index contributed by atoms with van der Waals surface area (Å²) in [4.78, 5) is 0. The molecule has 1 heterocycles. The summed E-state index contributed by atoms with van der Waals surface area (Å²) in [6.45, 7) is 3.61. The molecule has 1 heteroatoms. The Morgan fingerprint density at radius 1 is 1.43 bits per heavy atom. The summed E-state index contributed by atoms with van der Waals surface area (Å²) in [5.74, 6) is 0. The van der Waals surface area contributed by atoms with E-state index in [-0.39, 0.29) is 0 Å². The summed E-state index contributed by atoms with van der Waals surface area (Å²) < 4.78 is 0. The predicted octanol–water partition coefficient (Wildman–Crippen LogP) is 1.96. The molecule has 0 fully saturated rings. The molecular formula is C6H6N-. The van der Waals surface area contributed by atoms with Crippen molar-refractivity contribution in [1.82, 2.24) is 0 Å². The molecule has 0 aliphatic carbocycles. The summed E-state index contributed by atoms with van der Waals surface area (Å²) >= 11 is 0. The highest BCUT2D eigenvalue weighted by Crippen LogP contribution is 2.08. The lowest BCUT2D eigenvalue weighted by molar-refractivity contribution is 1.59. The Bertz CT molecular complexity index is 131. The molecule has 0 spiro atoms. The largest absolute Gasteiger partial charge is 0.665 e. The van der Waals surface area contributed by atoms with Crippen molar-refractivity contribution in [3.63, 3.8) is 0 Å². The molecule has 1 aliphatic rings. The number of allylic oxidation sites excluding steroid dienone is 3. The molecule has 0 atom stereocenters. The second-order valence-corrected chi connectivity index (χ2v) is 1.32. The van der Waals surface area contributed by atoms with Crippen LogP contribution in [-0.2, 0) is 0 Å². The van der Waals surface area contributed by atoms with E-state index in [0.717, 1.165) is 5.70 Å².